The SMILES string of the molecule is O=C(Nc1ccccc1)NS(=O)(=O)CCC(F)(F)C(F)(F)F. The highest BCUT2D eigenvalue weighted by Crippen LogP contribution is 2.38. The third kappa shape index (κ3) is 5.47. The van der Waals surface area contributed by atoms with Crippen LogP contribution in [0.5, 0.6) is 0 Å². The summed E-state index contributed by atoms with van der Waals surface area (Å²) in [5, 5.41) is 2.09. The first kappa shape index (κ1) is 18.1. The number of para-hydroxylation sites is 1. The Balaban J connectivity index is 2.59. The Labute approximate surface area is 122 Å². The predicted molar refractivity (Wildman–Crippen MR) is 68.0 cm³/mol. The van der Waals surface area contributed by atoms with E-state index in [-0.39, 0.29) is 5.69 Å². The number of anilines is 1. The van der Waals surface area contributed by atoms with Gasteiger partial charge in [0.05, 0.1) is 5.75 Å². The first-order valence-corrected chi connectivity index (χ1v) is 7.39. The molecule has 0 fully saturated rings. The van der Waals surface area contributed by atoms with Crippen LogP contribution in [0.2, 0.25) is 0 Å². The van der Waals surface area contributed by atoms with E-state index >= 15 is 0 Å². The second kappa shape index (κ2) is 6.46. The summed E-state index contributed by atoms with van der Waals surface area (Å²) in [6.45, 7) is 0. The number of hydrogen-bond acceptors (Lipinski definition) is 3. The molecule has 0 radical (unpaired) electrons. The number of carbonyl (C=O) groups is 1. The summed E-state index contributed by atoms with van der Waals surface area (Å²) in [5.74, 6) is -6.71. The highest BCUT2D eigenvalue weighted by molar-refractivity contribution is 7.90. The molecule has 0 heterocycles. The zero-order valence-electron chi connectivity index (χ0n) is 10.8. The molecule has 1 aromatic rings. The average Bonchev–Trinajstić information content (AvgIpc) is 2.36. The maximum atomic E-state index is 12.6. The van der Waals surface area contributed by atoms with Crippen LogP contribution < -0.4 is 10.0 Å². The number of hydrogen-bond donors (Lipinski definition) is 2. The third-order valence-corrected chi connectivity index (χ3v) is 3.62. The minimum atomic E-state index is -5.85. The summed E-state index contributed by atoms with van der Waals surface area (Å²) in [4.78, 5) is 11.3. The fourth-order valence-corrected chi connectivity index (χ4v) is 2.24. The molecule has 124 valence electrons. The van der Waals surface area contributed by atoms with Gasteiger partial charge in [-0.15, -0.1) is 0 Å². The number of halogens is 5. The van der Waals surface area contributed by atoms with Crippen LogP contribution in [0.15, 0.2) is 30.3 Å². The molecule has 0 aliphatic rings. The molecule has 0 saturated heterocycles. The van der Waals surface area contributed by atoms with E-state index < -0.39 is 40.3 Å². The molecule has 5 nitrogen and oxygen atoms in total. The Bertz CT molecular complexity index is 616. The van der Waals surface area contributed by atoms with Gasteiger partial charge in [-0.05, 0) is 12.1 Å². The first-order chi connectivity index (χ1) is 9.93. The van der Waals surface area contributed by atoms with Crippen LogP contribution in [-0.4, -0.2) is 32.3 Å². The number of amides is 2. The van der Waals surface area contributed by atoms with Gasteiger partial charge in [-0.3, -0.25) is 0 Å². The van der Waals surface area contributed by atoms with E-state index in [9.17, 15) is 35.2 Å². The van der Waals surface area contributed by atoms with Crippen molar-refractivity contribution in [2.24, 2.45) is 0 Å². The molecule has 0 aliphatic carbocycles. The molecular formula is C11H11F5N2O3S. The monoisotopic (exact) mass is 346 g/mol. The van der Waals surface area contributed by atoms with Crippen LogP contribution >= 0.6 is 0 Å². The van der Waals surface area contributed by atoms with E-state index in [0.717, 1.165) is 0 Å². The second-order valence-corrected chi connectivity index (χ2v) is 6.04. The smallest absolute Gasteiger partial charge is 0.307 e. The molecule has 2 amide bonds. The average molecular weight is 346 g/mol. The van der Waals surface area contributed by atoms with Crippen molar-refractivity contribution in [1.29, 1.82) is 0 Å². The maximum Gasteiger partial charge on any atom is 0.453 e. The number of nitrogens with one attached hydrogen (secondary N) is 2. The molecule has 0 bridgehead atoms. The van der Waals surface area contributed by atoms with Crippen LogP contribution in [0.4, 0.5) is 32.4 Å². The fraction of sp³-hybridized carbons (Fsp3) is 0.364. The van der Waals surface area contributed by atoms with Gasteiger partial charge in [0.15, 0.2) is 0 Å². The predicted octanol–water partition coefficient (Wildman–Crippen LogP) is 2.73. The van der Waals surface area contributed by atoms with Crippen LogP contribution in [0, 0.1) is 0 Å². The Morgan fingerprint density at radius 1 is 1.05 bits per heavy atom. The molecule has 2 N–H and O–H groups in total. The molecule has 0 spiro atoms. The Morgan fingerprint density at radius 3 is 2.09 bits per heavy atom. The first-order valence-electron chi connectivity index (χ1n) is 5.74. The lowest BCUT2D eigenvalue weighted by atomic mass is 10.2. The summed E-state index contributed by atoms with van der Waals surface area (Å²) < 4.78 is 85.0. The van der Waals surface area contributed by atoms with Crippen molar-refractivity contribution in [3.8, 4) is 0 Å². The van der Waals surface area contributed by atoms with E-state index in [1.165, 1.54) is 29.0 Å². The number of urea groups is 1. The van der Waals surface area contributed by atoms with E-state index in [4.69, 9.17) is 0 Å². The molecule has 1 rings (SSSR count). The van der Waals surface area contributed by atoms with Gasteiger partial charge < -0.3 is 5.32 Å². The van der Waals surface area contributed by atoms with Gasteiger partial charge in [0.1, 0.15) is 0 Å². The number of carbonyl (C=O) groups excluding carboxylic acids is 1. The lowest BCUT2D eigenvalue weighted by Crippen LogP contribution is -2.41. The minimum Gasteiger partial charge on any atom is -0.307 e. The summed E-state index contributed by atoms with van der Waals surface area (Å²) in [6, 6.07) is 6.27. The molecule has 0 unspecified atom stereocenters. The van der Waals surface area contributed by atoms with Gasteiger partial charge in [-0.25, -0.2) is 17.9 Å². The van der Waals surface area contributed by atoms with E-state index in [0.29, 0.717) is 0 Å². The van der Waals surface area contributed by atoms with Gasteiger partial charge in [0.25, 0.3) is 0 Å². The van der Waals surface area contributed by atoms with Crippen molar-refractivity contribution in [2.75, 3.05) is 11.1 Å². The van der Waals surface area contributed by atoms with E-state index in [1.807, 2.05) is 0 Å². The second-order valence-electron chi connectivity index (χ2n) is 4.19. The molecule has 11 heteroatoms. The summed E-state index contributed by atoms with van der Waals surface area (Å²) >= 11 is 0. The molecule has 0 aliphatic heterocycles. The largest absolute Gasteiger partial charge is 0.453 e. The van der Waals surface area contributed by atoms with Crippen LogP contribution in [0.25, 0.3) is 0 Å². The topological polar surface area (TPSA) is 75.3 Å². The lowest BCUT2D eigenvalue weighted by molar-refractivity contribution is -0.282. The highest BCUT2D eigenvalue weighted by atomic mass is 32.2. The summed E-state index contributed by atoms with van der Waals surface area (Å²) in [6.07, 6.45) is -7.83. The standard InChI is InChI=1S/C11H11F5N2O3S/c12-10(13,11(14,15)16)6-7-22(20,21)18-9(19)17-8-4-2-1-3-5-8/h1-5H,6-7H2,(H2,17,18,19). The van der Waals surface area contributed by atoms with Gasteiger partial charge >= 0.3 is 18.1 Å². The van der Waals surface area contributed by atoms with Crippen molar-refractivity contribution in [3.63, 3.8) is 0 Å². The number of rotatable bonds is 5. The van der Waals surface area contributed by atoms with Crippen LogP contribution in [0.3, 0.4) is 0 Å². The highest BCUT2D eigenvalue weighted by Gasteiger charge is 2.57. The number of alkyl halides is 5. The van der Waals surface area contributed by atoms with Gasteiger partial charge in [0.2, 0.25) is 10.0 Å². The van der Waals surface area contributed by atoms with Crippen LogP contribution in [0.1, 0.15) is 6.42 Å². The molecule has 22 heavy (non-hydrogen) atoms. The van der Waals surface area contributed by atoms with Crippen molar-refractivity contribution < 1.29 is 35.2 Å². The molecular weight excluding hydrogens is 335 g/mol. The third-order valence-electron chi connectivity index (χ3n) is 2.38. The summed E-state index contributed by atoms with van der Waals surface area (Å²) in [7, 11) is -4.64. The minimum absolute atomic E-state index is 0.218. The van der Waals surface area contributed by atoms with Crippen molar-refractivity contribution in [1.82, 2.24) is 4.72 Å². The normalized spacial score (nSPS) is 12.8. The van der Waals surface area contributed by atoms with Gasteiger partial charge in [-0.2, -0.15) is 22.0 Å². The van der Waals surface area contributed by atoms with E-state index in [2.05, 4.69) is 5.32 Å². The quantitative estimate of drug-likeness (QED) is 0.805. The zero-order chi connectivity index (χ0) is 17.0. The lowest BCUT2D eigenvalue weighted by Gasteiger charge is -2.19. The Morgan fingerprint density at radius 2 is 1.59 bits per heavy atom. The van der Waals surface area contributed by atoms with Crippen molar-refractivity contribution in [3.05, 3.63) is 30.3 Å². The molecule has 0 aromatic heterocycles. The van der Waals surface area contributed by atoms with Crippen molar-refractivity contribution in [2.45, 2.75) is 18.5 Å². The zero-order valence-corrected chi connectivity index (χ0v) is 11.6. The summed E-state index contributed by atoms with van der Waals surface area (Å²) in [5.41, 5.74) is 0.218. The Kier molecular flexibility index (Phi) is 5.33. The van der Waals surface area contributed by atoms with Gasteiger partial charge in [0, 0.05) is 12.1 Å². The molecule has 1 aromatic carbocycles. The fourth-order valence-electron chi connectivity index (χ4n) is 1.27. The van der Waals surface area contributed by atoms with E-state index in [1.54, 1.807) is 6.07 Å². The maximum absolute atomic E-state index is 12.6. The number of benzene rings is 1. The van der Waals surface area contributed by atoms with Crippen LogP contribution in [-0.2, 0) is 10.0 Å². The number of sulfonamides is 1. The van der Waals surface area contributed by atoms with Gasteiger partial charge in [-0.1, -0.05) is 18.2 Å². The molecule has 0 atom stereocenters. The van der Waals surface area contributed by atoms with Crippen molar-refractivity contribution >= 4 is 21.7 Å². The molecule has 0 saturated carbocycles. The Hall–Kier alpha value is -1.91.